The number of rotatable bonds is 6. The molecule has 10 heteroatoms. The average molecular weight is 486 g/mol. The quantitative estimate of drug-likeness (QED) is 0.535. The van der Waals surface area contributed by atoms with Gasteiger partial charge in [0.05, 0.1) is 23.2 Å². The highest BCUT2D eigenvalue weighted by atomic mass is 32.2. The minimum atomic E-state index is -3.41. The highest BCUT2D eigenvalue weighted by Gasteiger charge is 2.33. The highest BCUT2D eigenvalue weighted by Crippen LogP contribution is 2.34. The number of aryl methyl sites for hydroxylation is 1. The number of nitrogens with one attached hydrogen (secondary N) is 1. The molecule has 1 amide bonds. The van der Waals surface area contributed by atoms with Gasteiger partial charge in [0.15, 0.2) is 11.7 Å². The first-order chi connectivity index (χ1) is 15.6. The van der Waals surface area contributed by atoms with E-state index in [1.54, 1.807) is 12.1 Å². The van der Waals surface area contributed by atoms with E-state index in [-0.39, 0.29) is 11.6 Å². The zero-order chi connectivity index (χ0) is 23.8. The molecule has 3 aromatic rings. The maximum Gasteiger partial charge on any atom is 0.338 e. The van der Waals surface area contributed by atoms with Crippen molar-refractivity contribution >= 4 is 44.1 Å². The SMILES string of the molecule is Cc1ccc(-c2csc(NC(=O)COC(=O)c3ccc4c(c3)CC(C)N4S(C)(=O)=O)n2)cc1. The minimum Gasteiger partial charge on any atom is -0.452 e. The van der Waals surface area contributed by atoms with Crippen LogP contribution in [0.2, 0.25) is 0 Å². The van der Waals surface area contributed by atoms with Gasteiger partial charge in [-0.25, -0.2) is 18.2 Å². The first-order valence-corrected chi connectivity index (χ1v) is 13.0. The second-order valence-electron chi connectivity index (χ2n) is 7.98. The Morgan fingerprint density at radius 3 is 2.64 bits per heavy atom. The van der Waals surface area contributed by atoms with Gasteiger partial charge in [-0.1, -0.05) is 29.8 Å². The number of nitrogens with zero attached hydrogens (tertiary/aromatic N) is 2. The van der Waals surface area contributed by atoms with Gasteiger partial charge in [0.2, 0.25) is 10.0 Å². The van der Waals surface area contributed by atoms with Gasteiger partial charge >= 0.3 is 5.97 Å². The van der Waals surface area contributed by atoms with E-state index in [0.29, 0.717) is 17.2 Å². The summed E-state index contributed by atoms with van der Waals surface area (Å²) in [6, 6.07) is 12.4. The van der Waals surface area contributed by atoms with E-state index >= 15 is 0 Å². The van der Waals surface area contributed by atoms with E-state index in [1.807, 2.05) is 43.5 Å². The molecule has 0 saturated carbocycles. The fourth-order valence-electron chi connectivity index (χ4n) is 3.79. The van der Waals surface area contributed by atoms with E-state index < -0.39 is 28.5 Å². The van der Waals surface area contributed by atoms with Crippen LogP contribution >= 0.6 is 11.3 Å². The van der Waals surface area contributed by atoms with E-state index in [0.717, 1.165) is 28.6 Å². The zero-order valence-electron chi connectivity index (χ0n) is 18.4. The van der Waals surface area contributed by atoms with Gasteiger partial charge in [-0.3, -0.25) is 14.4 Å². The highest BCUT2D eigenvalue weighted by molar-refractivity contribution is 7.92. The average Bonchev–Trinajstić information content (AvgIpc) is 3.35. The van der Waals surface area contributed by atoms with Crippen molar-refractivity contribution in [3.63, 3.8) is 0 Å². The van der Waals surface area contributed by atoms with Crippen molar-refractivity contribution in [2.45, 2.75) is 26.3 Å². The lowest BCUT2D eigenvalue weighted by atomic mass is 10.1. The van der Waals surface area contributed by atoms with Crippen molar-refractivity contribution in [1.29, 1.82) is 0 Å². The van der Waals surface area contributed by atoms with Crippen LogP contribution in [-0.4, -0.2) is 44.2 Å². The van der Waals surface area contributed by atoms with Crippen LogP contribution < -0.4 is 9.62 Å². The number of sulfonamides is 1. The molecule has 0 fully saturated rings. The number of hydrogen-bond donors (Lipinski definition) is 1. The van der Waals surface area contributed by atoms with Crippen molar-refractivity contribution < 1.29 is 22.7 Å². The number of amides is 1. The first-order valence-electron chi connectivity index (χ1n) is 10.2. The van der Waals surface area contributed by atoms with Crippen LogP contribution in [0.3, 0.4) is 0 Å². The molecule has 2 heterocycles. The monoisotopic (exact) mass is 485 g/mol. The number of carbonyl (C=O) groups is 2. The zero-order valence-corrected chi connectivity index (χ0v) is 20.0. The molecule has 4 rings (SSSR count). The van der Waals surface area contributed by atoms with Gasteiger partial charge in [0.25, 0.3) is 5.91 Å². The van der Waals surface area contributed by atoms with Crippen LogP contribution in [0, 0.1) is 6.92 Å². The number of anilines is 2. The molecule has 1 aromatic heterocycles. The molecule has 2 aromatic carbocycles. The molecule has 0 radical (unpaired) electrons. The Labute approximate surface area is 196 Å². The van der Waals surface area contributed by atoms with Gasteiger partial charge in [0, 0.05) is 17.0 Å². The van der Waals surface area contributed by atoms with Crippen molar-refractivity contribution in [3.8, 4) is 11.3 Å². The summed E-state index contributed by atoms with van der Waals surface area (Å²) in [6.07, 6.45) is 1.66. The molecule has 0 saturated heterocycles. The van der Waals surface area contributed by atoms with Gasteiger partial charge in [-0.05, 0) is 44.0 Å². The molecule has 1 N–H and O–H groups in total. The van der Waals surface area contributed by atoms with Crippen molar-refractivity contribution in [1.82, 2.24) is 4.98 Å². The maximum atomic E-state index is 12.4. The Morgan fingerprint density at radius 2 is 1.94 bits per heavy atom. The summed E-state index contributed by atoms with van der Waals surface area (Å²) >= 11 is 1.29. The molecule has 1 aliphatic rings. The van der Waals surface area contributed by atoms with Gasteiger partial charge in [0.1, 0.15) is 0 Å². The second kappa shape index (κ2) is 8.95. The fraction of sp³-hybridized carbons (Fsp3) is 0.261. The minimum absolute atomic E-state index is 0.227. The molecule has 0 spiro atoms. The van der Waals surface area contributed by atoms with Crippen LogP contribution in [-0.2, 0) is 26.0 Å². The molecule has 8 nitrogen and oxygen atoms in total. The Balaban J connectivity index is 1.35. The fourth-order valence-corrected chi connectivity index (χ4v) is 5.79. The number of thiazole rings is 1. The molecule has 172 valence electrons. The number of carbonyl (C=O) groups excluding carboxylic acids is 2. The summed E-state index contributed by atoms with van der Waals surface area (Å²) in [5, 5.41) is 4.90. The normalized spacial score (nSPS) is 15.2. The third-order valence-corrected chi connectivity index (χ3v) is 7.29. The lowest BCUT2D eigenvalue weighted by Crippen LogP contribution is -2.34. The molecular weight excluding hydrogens is 462 g/mol. The van der Waals surface area contributed by atoms with Crippen molar-refractivity contribution in [2.24, 2.45) is 0 Å². The Bertz CT molecular complexity index is 1320. The number of benzene rings is 2. The molecule has 1 aliphatic heterocycles. The third-order valence-electron chi connectivity index (χ3n) is 5.26. The molecule has 1 unspecified atom stereocenters. The summed E-state index contributed by atoms with van der Waals surface area (Å²) in [5.74, 6) is -1.15. The summed E-state index contributed by atoms with van der Waals surface area (Å²) in [7, 11) is -3.41. The Kier molecular flexibility index (Phi) is 6.22. The lowest BCUT2D eigenvalue weighted by Gasteiger charge is -2.21. The van der Waals surface area contributed by atoms with E-state index in [4.69, 9.17) is 4.74 Å². The van der Waals surface area contributed by atoms with Crippen LogP contribution in [0.25, 0.3) is 11.3 Å². The molecule has 1 atom stereocenters. The van der Waals surface area contributed by atoms with Crippen LogP contribution in [0.4, 0.5) is 10.8 Å². The Morgan fingerprint density at radius 1 is 1.21 bits per heavy atom. The number of esters is 1. The van der Waals surface area contributed by atoms with Crippen molar-refractivity contribution in [2.75, 3.05) is 22.5 Å². The number of aromatic nitrogens is 1. The summed E-state index contributed by atoms with van der Waals surface area (Å²) in [6.45, 7) is 3.36. The lowest BCUT2D eigenvalue weighted by molar-refractivity contribution is -0.119. The third kappa shape index (κ3) is 5.07. The van der Waals surface area contributed by atoms with E-state index in [9.17, 15) is 18.0 Å². The predicted octanol–water partition coefficient (Wildman–Crippen LogP) is 3.62. The first kappa shape index (κ1) is 22.9. The number of ether oxygens (including phenoxy) is 1. The molecular formula is C23H23N3O5S2. The molecule has 0 bridgehead atoms. The van der Waals surface area contributed by atoms with Crippen LogP contribution in [0.1, 0.15) is 28.4 Å². The summed E-state index contributed by atoms with van der Waals surface area (Å²) < 4.78 is 30.6. The number of fused-ring (bicyclic) bond motifs is 1. The summed E-state index contributed by atoms with van der Waals surface area (Å²) in [4.78, 5) is 29.1. The number of hydrogen-bond acceptors (Lipinski definition) is 7. The smallest absolute Gasteiger partial charge is 0.338 e. The van der Waals surface area contributed by atoms with Crippen molar-refractivity contribution in [3.05, 3.63) is 64.5 Å². The van der Waals surface area contributed by atoms with Gasteiger partial charge in [-0.15, -0.1) is 11.3 Å². The largest absolute Gasteiger partial charge is 0.452 e. The van der Waals surface area contributed by atoms with Crippen LogP contribution in [0.15, 0.2) is 47.8 Å². The summed E-state index contributed by atoms with van der Waals surface area (Å²) in [5.41, 5.74) is 4.42. The van der Waals surface area contributed by atoms with Gasteiger partial charge in [-0.2, -0.15) is 0 Å². The van der Waals surface area contributed by atoms with E-state index in [2.05, 4.69) is 10.3 Å². The second-order valence-corrected chi connectivity index (χ2v) is 10.7. The van der Waals surface area contributed by atoms with Gasteiger partial charge < -0.3 is 4.74 Å². The van der Waals surface area contributed by atoms with Crippen LogP contribution in [0.5, 0.6) is 0 Å². The van der Waals surface area contributed by atoms with E-state index in [1.165, 1.54) is 21.7 Å². The standard InChI is InChI=1S/C23H23N3O5S2/c1-14-4-6-16(7-5-14)19-13-32-23(24-19)25-21(27)12-31-22(28)17-8-9-20-18(11-17)10-15(2)26(20)33(3,29)30/h4-9,11,13,15H,10,12H2,1-3H3,(H,24,25,27). The Hall–Kier alpha value is -3.24. The predicted molar refractivity (Wildman–Crippen MR) is 128 cm³/mol. The maximum absolute atomic E-state index is 12.4. The molecule has 0 aliphatic carbocycles. The topological polar surface area (TPSA) is 106 Å². The molecule has 33 heavy (non-hydrogen) atoms.